The van der Waals surface area contributed by atoms with Crippen LogP contribution in [0.15, 0.2) is 12.2 Å². The van der Waals surface area contributed by atoms with Crippen molar-refractivity contribution in [2.75, 3.05) is 19.6 Å². The van der Waals surface area contributed by atoms with Crippen LogP contribution >= 0.6 is 0 Å². The quantitative estimate of drug-likeness (QED) is 0.588. The topological polar surface area (TPSA) is 32.3 Å². The lowest BCUT2D eigenvalue weighted by atomic mass is 9.89. The maximum absolute atomic E-state index is 11.4. The van der Waals surface area contributed by atoms with E-state index in [0.29, 0.717) is 30.3 Å². The van der Waals surface area contributed by atoms with Crippen molar-refractivity contribution in [3.05, 3.63) is 12.2 Å². The fourth-order valence-corrected chi connectivity index (χ4v) is 3.14. The lowest BCUT2D eigenvalue weighted by Gasteiger charge is -2.28. The van der Waals surface area contributed by atoms with Crippen LogP contribution in [0, 0.1) is 5.92 Å². The second-order valence-electron chi connectivity index (χ2n) is 5.04. The van der Waals surface area contributed by atoms with E-state index in [-0.39, 0.29) is 0 Å². The third-order valence-electron chi connectivity index (χ3n) is 4.01. The first-order valence-corrected chi connectivity index (χ1v) is 5.97. The van der Waals surface area contributed by atoms with Gasteiger partial charge in [0.25, 0.3) is 0 Å². The molecule has 0 radical (unpaired) electrons. The average Bonchev–Trinajstić information content (AvgIpc) is 2.49. The van der Waals surface area contributed by atoms with Gasteiger partial charge in [0.2, 0.25) is 0 Å². The van der Waals surface area contributed by atoms with Gasteiger partial charge < -0.3 is 5.32 Å². The van der Waals surface area contributed by atoms with E-state index in [9.17, 15) is 4.79 Å². The Labute approximate surface area is 90.5 Å². The lowest BCUT2D eigenvalue weighted by Crippen LogP contribution is -2.38. The van der Waals surface area contributed by atoms with Crippen LogP contribution in [0.5, 0.6) is 0 Å². The Morgan fingerprint density at radius 3 is 3.13 bits per heavy atom. The van der Waals surface area contributed by atoms with Gasteiger partial charge in [0.1, 0.15) is 5.78 Å². The SMILES string of the molecule is O=C1CC2CNC3CC=CCC3CN2C1. The largest absolute Gasteiger partial charge is 0.312 e. The summed E-state index contributed by atoms with van der Waals surface area (Å²) in [7, 11) is 0. The zero-order valence-corrected chi connectivity index (χ0v) is 8.98. The summed E-state index contributed by atoms with van der Waals surface area (Å²) in [4.78, 5) is 13.8. The molecule has 1 aliphatic carbocycles. The van der Waals surface area contributed by atoms with Gasteiger partial charge >= 0.3 is 0 Å². The molecular weight excluding hydrogens is 188 g/mol. The highest BCUT2D eigenvalue weighted by molar-refractivity contribution is 5.83. The highest BCUT2D eigenvalue weighted by Gasteiger charge is 2.37. The minimum Gasteiger partial charge on any atom is -0.312 e. The molecule has 0 spiro atoms. The molecule has 3 unspecified atom stereocenters. The molecular formula is C12H18N2O. The van der Waals surface area contributed by atoms with E-state index in [2.05, 4.69) is 22.4 Å². The van der Waals surface area contributed by atoms with Crippen LogP contribution in [0.3, 0.4) is 0 Å². The van der Waals surface area contributed by atoms with Crippen LogP contribution in [-0.2, 0) is 4.79 Å². The molecule has 0 aromatic carbocycles. The van der Waals surface area contributed by atoms with Gasteiger partial charge in [-0.05, 0) is 18.8 Å². The molecule has 15 heavy (non-hydrogen) atoms. The molecule has 0 aromatic heterocycles. The van der Waals surface area contributed by atoms with Crippen LogP contribution in [0.4, 0.5) is 0 Å². The second kappa shape index (κ2) is 3.72. The van der Waals surface area contributed by atoms with Crippen LogP contribution < -0.4 is 5.32 Å². The Balaban J connectivity index is 1.75. The molecule has 0 aromatic rings. The Hall–Kier alpha value is -0.670. The first-order valence-electron chi connectivity index (χ1n) is 5.97. The van der Waals surface area contributed by atoms with E-state index in [0.717, 1.165) is 19.5 Å². The van der Waals surface area contributed by atoms with Crippen LogP contribution in [0.25, 0.3) is 0 Å². The predicted molar refractivity (Wildman–Crippen MR) is 58.6 cm³/mol. The standard InChI is InChI=1S/C12H18N2O/c15-11-5-10-6-13-12-4-2-1-3-9(12)7-14(10)8-11/h1-2,9-10,12-13H,3-8H2. The Morgan fingerprint density at radius 1 is 1.33 bits per heavy atom. The van der Waals surface area contributed by atoms with Crippen LogP contribution in [0.1, 0.15) is 19.3 Å². The Kier molecular flexibility index (Phi) is 2.37. The maximum atomic E-state index is 11.4. The van der Waals surface area contributed by atoms with Crippen molar-refractivity contribution < 1.29 is 4.79 Å². The van der Waals surface area contributed by atoms with Gasteiger partial charge in [-0.15, -0.1) is 0 Å². The number of carbonyl (C=O) groups is 1. The van der Waals surface area contributed by atoms with Crippen molar-refractivity contribution in [3.8, 4) is 0 Å². The van der Waals surface area contributed by atoms with Gasteiger partial charge in [-0.25, -0.2) is 0 Å². The van der Waals surface area contributed by atoms with Crippen LogP contribution in [0.2, 0.25) is 0 Å². The molecule has 3 atom stereocenters. The van der Waals surface area contributed by atoms with Crippen molar-refractivity contribution >= 4 is 5.78 Å². The molecule has 3 nitrogen and oxygen atoms in total. The summed E-state index contributed by atoms with van der Waals surface area (Å²) in [5.41, 5.74) is 0. The average molecular weight is 206 g/mol. The molecule has 2 saturated heterocycles. The van der Waals surface area contributed by atoms with E-state index >= 15 is 0 Å². The first kappa shape index (κ1) is 9.55. The molecule has 0 bridgehead atoms. The number of hydrogen-bond acceptors (Lipinski definition) is 3. The summed E-state index contributed by atoms with van der Waals surface area (Å²) >= 11 is 0. The Morgan fingerprint density at radius 2 is 2.20 bits per heavy atom. The summed E-state index contributed by atoms with van der Waals surface area (Å²) in [5.74, 6) is 1.14. The fourth-order valence-electron chi connectivity index (χ4n) is 3.14. The minimum absolute atomic E-state index is 0.423. The number of nitrogens with zero attached hydrogens (tertiary/aromatic N) is 1. The van der Waals surface area contributed by atoms with Gasteiger partial charge in [0.05, 0.1) is 6.54 Å². The van der Waals surface area contributed by atoms with E-state index in [1.165, 1.54) is 12.8 Å². The molecule has 3 heteroatoms. The molecule has 3 rings (SSSR count). The third kappa shape index (κ3) is 1.74. The van der Waals surface area contributed by atoms with Crippen molar-refractivity contribution in [3.63, 3.8) is 0 Å². The number of hydrogen-bond donors (Lipinski definition) is 1. The summed E-state index contributed by atoms with van der Waals surface area (Å²) < 4.78 is 0. The maximum Gasteiger partial charge on any atom is 0.148 e. The van der Waals surface area contributed by atoms with Crippen LogP contribution in [-0.4, -0.2) is 42.4 Å². The summed E-state index contributed by atoms with van der Waals surface area (Å²) in [6.45, 7) is 2.80. The van der Waals surface area contributed by atoms with Crippen molar-refractivity contribution in [1.82, 2.24) is 10.2 Å². The minimum atomic E-state index is 0.423. The van der Waals surface area contributed by atoms with Crippen molar-refractivity contribution in [2.45, 2.75) is 31.3 Å². The first-order chi connectivity index (χ1) is 7.33. The molecule has 0 amide bonds. The number of fused-ring (bicyclic) bond motifs is 2. The predicted octanol–water partition coefficient (Wildman–Crippen LogP) is 0.568. The summed E-state index contributed by atoms with van der Waals surface area (Å²) in [6, 6.07) is 1.12. The number of ketones is 1. The Bertz CT molecular complexity index is 300. The van der Waals surface area contributed by atoms with Crippen molar-refractivity contribution in [2.24, 2.45) is 5.92 Å². The number of Topliss-reactive ketones (excluding diaryl/α,β-unsaturated/α-hetero) is 1. The van der Waals surface area contributed by atoms with E-state index in [4.69, 9.17) is 0 Å². The monoisotopic (exact) mass is 206 g/mol. The van der Waals surface area contributed by atoms with E-state index < -0.39 is 0 Å². The zero-order valence-electron chi connectivity index (χ0n) is 8.98. The molecule has 3 aliphatic rings. The number of rotatable bonds is 0. The molecule has 2 heterocycles. The van der Waals surface area contributed by atoms with Crippen molar-refractivity contribution in [1.29, 1.82) is 0 Å². The molecule has 0 saturated carbocycles. The molecule has 1 N–H and O–H groups in total. The second-order valence-corrected chi connectivity index (χ2v) is 5.04. The fraction of sp³-hybridized carbons (Fsp3) is 0.750. The molecule has 2 aliphatic heterocycles. The third-order valence-corrected chi connectivity index (χ3v) is 4.01. The van der Waals surface area contributed by atoms with Gasteiger partial charge in [0, 0.05) is 31.6 Å². The number of allylic oxidation sites excluding steroid dienone is 1. The number of carbonyl (C=O) groups excluding carboxylic acids is 1. The van der Waals surface area contributed by atoms with E-state index in [1.807, 2.05) is 0 Å². The van der Waals surface area contributed by atoms with Gasteiger partial charge in [0.15, 0.2) is 0 Å². The highest BCUT2D eigenvalue weighted by atomic mass is 16.1. The zero-order chi connectivity index (χ0) is 10.3. The van der Waals surface area contributed by atoms with Gasteiger partial charge in [-0.1, -0.05) is 12.2 Å². The molecule has 82 valence electrons. The normalized spacial score (nSPS) is 41.1. The van der Waals surface area contributed by atoms with Gasteiger partial charge in [-0.3, -0.25) is 9.69 Å². The van der Waals surface area contributed by atoms with Gasteiger partial charge in [-0.2, -0.15) is 0 Å². The smallest absolute Gasteiger partial charge is 0.148 e. The highest BCUT2D eigenvalue weighted by Crippen LogP contribution is 2.26. The number of nitrogens with one attached hydrogen (secondary N) is 1. The summed E-state index contributed by atoms with van der Waals surface area (Å²) in [6.07, 6.45) is 7.69. The molecule has 2 fully saturated rings. The lowest BCUT2D eigenvalue weighted by molar-refractivity contribution is -0.117. The van der Waals surface area contributed by atoms with E-state index in [1.54, 1.807) is 0 Å². The summed E-state index contributed by atoms with van der Waals surface area (Å²) in [5, 5.41) is 3.63.